The summed E-state index contributed by atoms with van der Waals surface area (Å²) in [4.78, 5) is 22.1. The van der Waals surface area contributed by atoms with E-state index in [0.717, 1.165) is 0 Å². The van der Waals surface area contributed by atoms with E-state index in [9.17, 15) is 9.59 Å². The topological polar surface area (TPSA) is 87.7 Å². The van der Waals surface area contributed by atoms with E-state index < -0.39 is 12.0 Å². The van der Waals surface area contributed by atoms with Crippen LogP contribution in [0.15, 0.2) is 0 Å². The van der Waals surface area contributed by atoms with E-state index in [2.05, 4.69) is 10.6 Å². The molecule has 0 heterocycles. The van der Waals surface area contributed by atoms with Gasteiger partial charge in [-0.05, 0) is 5.92 Å². The third-order valence-corrected chi connectivity index (χ3v) is 2.02. The van der Waals surface area contributed by atoms with Crippen LogP contribution >= 0.6 is 0 Å². The number of hydrogen-bond acceptors (Lipinski definition) is 4. The van der Waals surface area contributed by atoms with Gasteiger partial charge >= 0.3 is 5.97 Å². The fourth-order valence-corrected chi connectivity index (χ4v) is 1.11. The molecule has 0 saturated carbocycles. The standard InChI is InChI=1S/C10H20N2O4/c1-7(2)9(10(14)15)12-8(13)6-11-4-5-16-3/h7,9,11H,4-6H2,1-3H3,(H,12,13)(H,14,15)/t9-/m0/s1. The van der Waals surface area contributed by atoms with E-state index in [4.69, 9.17) is 9.84 Å². The van der Waals surface area contributed by atoms with Gasteiger partial charge in [0.1, 0.15) is 6.04 Å². The molecule has 1 atom stereocenters. The maximum absolute atomic E-state index is 11.3. The molecule has 1 amide bonds. The van der Waals surface area contributed by atoms with Crippen LogP contribution in [0.5, 0.6) is 0 Å². The molecular formula is C10H20N2O4. The Labute approximate surface area is 95.4 Å². The Balaban J connectivity index is 3.87. The first kappa shape index (κ1) is 14.9. The normalized spacial score (nSPS) is 12.5. The average molecular weight is 232 g/mol. The number of ether oxygens (including phenoxy) is 1. The molecule has 0 saturated heterocycles. The van der Waals surface area contributed by atoms with Crippen molar-refractivity contribution < 1.29 is 19.4 Å². The summed E-state index contributed by atoms with van der Waals surface area (Å²) >= 11 is 0. The van der Waals surface area contributed by atoms with Gasteiger partial charge in [0.25, 0.3) is 0 Å². The summed E-state index contributed by atoms with van der Waals surface area (Å²) in [6, 6.07) is -0.836. The number of methoxy groups -OCH3 is 1. The summed E-state index contributed by atoms with van der Waals surface area (Å²) < 4.78 is 4.79. The van der Waals surface area contributed by atoms with Crippen molar-refractivity contribution in [2.24, 2.45) is 5.92 Å². The van der Waals surface area contributed by atoms with E-state index >= 15 is 0 Å². The molecular weight excluding hydrogens is 212 g/mol. The second-order valence-corrected chi connectivity index (χ2v) is 3.80. The van der Waals surface area contributed by atoms with Gasteiger partial charge in [0.15, 0.2) is 0 Å². The summed E-state index contributed by atoms with van der Waals surface area (Å²) in [7, 11) is 1.57. The number of rotatable bonds is 8. The van der Waals surface area contributed by atoms with Gasteiger partial charge in [0, 0.05) is 13.7 Å². The van der Waals surface area contributed by atoms with Crippen LogP contribution < -0.4 is 10.6 Å². The van der Waals surface area contributed by atoms with Crippen LogP contribution in [0.2, 0.25) is 0 Å². The van der Waals surface area contributed by atoms with Gasteiger partial charge in [-0.2, -0.15) is 0 Å². The highest BCUT2D eigenvalue weighted by molar-refractivity contribution is 5.84. The Morgan fingerprint density at radius 1 is 1.38 bits per heavy atom. The summed E-state index contributed by atoms with van der Waals surface area (Å²) in [5.41, 5.74) is 0. The van der Waals surface area contributed by atoms with Gasteiger partial charge in [0.05, 0.1) is 13.2 Å². The number of amides is 1. The third kappa shape index (κ3) is 6.36. The maximum Gasteiger partial charge on any atom is 0.326 e. The van der Waals surface area contributed by atoms with Crippen LogP contribution in [-0.4, -0.2) is 49.8 Å². The first-order chi connectivity index (χ1) is 7.49. The summed E-state index contributed by atoms with van der Waals surface area (Å²) in [5.74, 6) is -1.47. The smallest absolute Gasteiger partial charge is 0.326 e. The van der Waals surface area contributed by atoms with E-state index in [-0.39, 0.29) is 18.4 Å². The SMILES string of the molecule is COCCNCC(=O)N[C@H](C(=O)O)C(C)C. The zero-order valence-corrected chi connectivity index (χ0v) is 9.95. The van der Waals surface area contributed by atoms with Gasteiger partial charge < -0.3 is 20.5 Å². The molecule has 94 valence electrons. The number of hydrogen-bond donors (Lipinski definition) is 3. The predicted octanol–water partition coefficient (Wildman–Crippen LogP) is -0.552. The molecule has 0 aliphatic rings. The quantitative estimate of drug-likeness (QED) is 0.489. The van der Waals surface area contributed by atoms with Crippen LogP contribution in [0.3, 0.4) is 0 Å². The fourth-order valence-electron chi connectivity index (χ4n) is 1.11. The highest BCUT2D eigenvalue weighted by Gasteiger charge is 2.22. The molecule has 0 aromatic heterocycles. The van der Waals surface area contributed by atoms with Crippen molar-refractivity contribution in [3.05, 3.63) is 0 Å². The van der Waals surface area contributed by atoms with E-state index in [1.807, 2.05) is 0 Å². The largest absolute Gasteiger partial charge is 0.480 e. The van der Waals surface area contributed by atoms with E-state index in [1.165, 1.54) is 0 Å². The number of aliphatic carboxylic acids is 1. The predicted molar refractivity (Wildman–Crippen MR) is 59.2 cm³/mol. The Hall–Kier alpha value is -1.14. The molecule has 0 spiro atoms. The molecule has 0 aromatic carbocycles. The van der Waals surface area contributed by atoms with Crippen LogP contribution in [0.4, 0.5) is 0 Å². The van der Waals surface area contributed by atoms with Gasteiger partial charge in [0.2, 0.25) is 5.91 Å². The number of carboxylic acids is 1. The van der Waals surface area contributed by atoms with Crippen molar-refractivity contribution in [3.8, 4) is 0 Å². The highest BCUT2D eigenvalue weighted by atomic mass is 16.5. The number of carboxylic acid groups (broad SMARTS) is 1. The minimum absolute atomic E-state index is 0.0971. The lowest BCUT2D eigenvalue weighted by molar-refractivity contribution is -0.143. The molecule has 0 aromatic rings. The lowest BCUT2D eigenvalue weighted by atomic mass is 10.1. The molecule has 0 aliphatic carbocycles. The first-order valence-electron chi connectivity index (χ1n) is 5.20. The van der Waals surface area contributed by atoms with Crippen molar-refractivity contribution in [2.75, 3.05) is 26.8 Å². The summed E-state index contributed by atoms with van der Waals surface area (Å²) in [5, 5.41) is 14.1. The molecule has 0 rings (SSSR count). The molecule has 0 fully saturated rings. The molecule has 0 aliphatic heterocycles. The fraction of sp³-hybridized carbons (Fsp3) is 0.800. The third-order valence-electron chi connectivity index (χ3n) is 2.02. The summed E-state index contributed by atoms with van der Waals surface area (Å²) in [6.45, 7) is 4.66. The number of nitrogens with one attached hydrogen (secondary N) is 2. The lowest BCUT2D eigenvalue weighted by Crippen LogP contribution is -2.47. The number of carbonyl (C=O) groups excluding carboxylic acids is 1. The highest BCUT2D eigenvalue weighted by Crippen LogP contribution is 2.00. The Bertz CT molecular complexity index is 231. The summed E-state index contributed by atoms with van der Waals surface area (Å²) in [6.07, 6.45) is 0. The van der Waals surface area contributed by atoms with E-state index in [1.54, 1.807) is 21.0 Å². The molecule has 16 heavy (non-hydrogen) atoms. The van der Waals surface area contributed by atoms with Crippen molar-refractivity contribution >= 4 is 11.9 Å². The Kier molecular flexibility index (Phi) is 7.49. The van der Waals surface area contributed by atoms with Crippen molar-refractivity contribution in [1.82, 2.24) is 10.6 Å². The van der Waals surface area contributed by atoms with Crippen LogP contribution in [-0.2, 0) is 14.3 Å². The molecule has 6 nitrogen and oxygen atoms in total. The van der Waals surface area contributed by atoms with E-state index in [0.29, 0.717) is 13.2 Å². The Morgan fingerprint density at radius 2 is 2.00 bits per heavy atom. The second kappa shape index (κ2) is 8.06. The zero-order valence-electron chi connectivity index (χ0n) is 9.95. The average Bonchev–Trinajstić information content (AvgIpc) is 2.20. The van der Waals surface area contributed by atoms with Gasteiger partial charge in [-0.25, -0.2) is 4.79 Å². The molecule has 0 radical (unpaired) electrons. The van der Waals surface area contributed by atoms with Gasteiger partial charge in [-0.3, -0.25) is 4.79 Å². The molecule has 3 N–H and O–H groups in total. The molecule has 0 bridgehead atoms. The van der Waals surface area contributed by atoms with Crippen molar-refractivity contribution in [1.29, 1.82) is 0 Å². The molecule has 0 unspecified atom stereocenters. The lowest BCUT2D eigenvalue weighted by Gasteiger charge is -2.17. The van der Waals surface area contributed by atoms with Crippen molar-refractivity contribution in [3.63, 3.8) is 0 Å². The monoisotopic (exact) mass is 232 g/mol. The Morgan fingerprint density at radius 3 is 2.44 bits per heavy atom. The van der Waals surface area contributed by atoms with Gasteiger partial charge in [-0.1, -0.05) is 13.8 Å². The maximum atomic E-state index is 11.3. The van der Waals surface area contributed by atoms with Gasteiger partial charge in [-0.15, -0.1) is 0 Å². The molecule has 6 heteroatoms. The second-order valence-electron chi connectivity index (χ2n) is 3.80. The van der Waals surface area contributed by atoms with Crippen LogP contribution in [0.1, 0.15) is 13.8 Å². The van der Waals surface area contributed by atoms with Crippen LogP contribution in [0, 0.1) is 5.92 Å². The first-order valence-corrected chi connectivity index (χ1v) is 5.20. The number of carbonyl (C=O) groups is 2. The van der Waals surface area contributed by atoms with Crippen LogP contribution in [0.25, 0.3) is 0 Å². The minimum atomic E-state index is -1.01. The minimum Gasteiger partial charge on any atom is -0.480 e. The zero-order chi connectivity index (χ0) is 12.6. The van der Waals surface area contributed by atoms with Crippen molar-refractivity contribution in [2.45, 2.75) is 19.9 Å².